The molecule has 2 heterocycles. The standard InChI is InChI=1S/C11H9N3O2S/c1-6-3-8(4-12)10(17-6)14-7(2)9(5-13-14)11(15)16/h3,5H,1-2H3,(H,15,16). The van der Waals surface area contributed by atoms with E-state index in [0.29, 0.717) is 16.3 Å². The maximum absolute atomic E-state index is 10.9. The van der Waals surface area contributed by atoms with Crippen molar-refractivity contribution >= 4 is 17.3 Å². The summed E-state index contributed by atoms with van der Waals surface area (Å²) in [5.74, 6) is -1.01. The minimum Gasteiger partial charge on any atom is -0.478 e. The highest BCUT2D eigenvalue weighted by Crippen LogP contribution is 2.26. The molecule has 0 radical (unpaired) electrons. The van der Waals surface area contributed by atoms with Gasteiger partial charge in [-0.2, -0.15) is 10.4 Å². The van der Waals surface area contributed by atoms with Crippen LogP contribution in [0.3, 0.4) is 0 Å². The smallest absolute Gasteiger partial charge is 0.339 e. The van der Waals surface area contributed by atoms with Gasteiger partial charge in [-0.05, 0) is 19.9 Å². The first-order chi connectivity index (χ1) is 8.04. The third-order valence-electron chi connectivity index (χ3n) is 2.39. The van der Waals surface area contributed by atoms with E-state index < -0.39 is 5.97 Å². The summed E-state index contributed by atoms with van der Waals surface area (Å²) in [7, 11) is 0. The fraction of sp³-hybridized carbons (Fsp3) is 0.182. The van der Waals surface area contributed by atoms with Crippen molar-refractivity contribution in [2.75, 3.05) is 0 Å². The summed E-state index contributed by atoms with van der Waals surface area (Å²) < 4.78 is 1.50. The summed E-state index contributed by atoms with van der Waals surface area (Å²) in [6, 6.07) is 3.85. The summed E-state index contributed by atoms with van der Waals surface area (Å²) in [4.78, 5) is 11.9. The molecular weight excluding hydrogens is 238 g/mol. The molecule has 0 unspecified atom stereocenters. The summed E-state index contributed by atoms with van der Waals surface area (Å²) in [6.07, 6.45) is 1.30. The van der Waals surface area contributed by atoms with Crippen LogP contribution in [0.2, 0.25) is 0 Å². The minimum absolute atomic E-state index is 0.153. The summed E-state index contributed by atoms with van der Waals surface area (Å²) in [5, 5.41) is 22.6. The Morgan fingerprint density at radius 3 is 2.82 bits per heavy atom. The van der Waals surface area contributed by atoms with Crippen LogP contribution in [0.4, 0.5) is 0 Å². The van der Waals surface area contributed by atoms with Crippen molar-refractivity contribution in [3.05, 3.63) is 34.0 Å². The van der Waals surface area contributed by atoms with E-state index in [0.717, 1.165) is 4.88 Å². The Bertz CT molecular complexity index is 634. The second-order valence-electron chi connectivity index (χ2n) is 3.55. The first kappa shape index (κ1) is 11.4. The number of nitriles is 1. The molecule has 5 nitrogen and oxygen atoms in total. The first-order valence-electron chi connectivity index (χ1n) is 4.83. The zero-order valence-corrected chi connectivity index (χ0v) is 10.1. The van der Waals surface area contributed by atoms with E-state index in [1.165, 1.54) is 22.2 Å². The maximum Gasteiger partial charge on any atom is 0.339 e. The molecule has 0 aliphatic carbocycles. The molecule has 0 bridgehead atoms. The molecule has 0 aliphatic rings. The molecule has 0 saturated heterocycles. The number of aryl methyl sites for hydroxylation is 1. The van der Waals surface area contributed by atoms with Gasteiger partial charge < -0.3 is 5.11 Å². The highest BCUT2D eigenvalue weighted by molar-refractivity contribution is 7.14. The van der Waals surface area contributed by atoms with Gasteiger partial charge in [0.1, 0.15) is 16.6 Å². The maximum atomic E-state index is 10.9. The van der Waals surface area contributed by atoms with E-state index in [9.17, 15) is 4.79 Å². The number of hydrogen-bond acceptors (Lipinski definition) is 4. The number of carboxylic acids is 1. The van der Waals surface area contributed by atoms with Gasteiger partial charge in [-0.25, -0.2) is 9.48 Å². The van der Waals surface area contributed by atoms with Crippen LogP contribution < -0.4 is 0 Å². The molecule has 17 heavy (non-hydrogen) atoms. The van der Waals surface area contributed by atoms with Gasteiger partial charge in [0.05, 0.1) is 17.5 Å². The predicted molar refractivity (Wildman–Crippen MR) is 62.6 cm³/mol. The molecule has 0 aliphatic heterocycles. The van der Waals surface area contributed by atoms with Gasteiger partial charge in [-0.3, -0.25) is 0 Å². The lowest BCUT2D eigenvalue weighted by molar-refractivity contribution is 0.0696. The Labute approximate surface area is 102 Å². The van der Waals surface area contributed by atoms with Crippen LogP contribution in [-0.4, -0.2) is 20.9 Å². The molecule has 2 aromatic heterocycles. The lowest BCUT2D eigenvalue weighted by Gasteiger charge is -2.01. The molecule has 2 rings (SSSR count). The number of rotatable bonds is 2. The van der Waals surface area contributed by atoms with Crippen molar-refractivity contribution in [3.8, 4) is 11.1 Å². The second kappa shape index (κ2) is 4.03. The van der Waals surface area contributed by atoms with Crippen molar-refractivity contribution in [3.63, 3.8) is 0 Å². The van der Waals surface area contributed by atoms with E-state index in [1.54, 1.807) is 13.0 Å². The number of aromatic nitrogens is 2. The van der Waals surface area contributed by atoms with Crippen LogP contribution in [0.15, 0.2) is 12.3 Å². The Balaban J connectivity index is 2.62. The molecule has 86 valence electrons. The average Bonchev–Trinajstić information content (AvgIpc) is 2.81. The Kier molecular flexibility index (Phi) is 2.69. The number of nitrogens with zero attached hydrogens (tertiary/aromatic N) is 3. The molecule has 0 spiro atoms. The molecular formula is C11H9N3O2S. The Morgan fingerprint density at radius 1 is 1.59 bits per heavy atom. The van der Waals surface area contributed by atoms with Crippen molar-refractivity contribution < 1.29 is 9.90 Å². The fourth-order valence-electron chi connectivity index (χ4n) is 1.56. The lowest BCUT2D eigenvalue weighted by Crippen LogP contribution is -2.02. The van der Waals surface area contributed by atoms with Crippen molar-refractivity contribution in [2.45, 2.75) is 13.8 Å². The van der Waals surface area contributed by atoms with Crippen LogP contribution in [0.5, 0.6) is 0 Å². The van der Waals surface area contributed by atoms with Gasteiger partial charge in [0.25, 0.3) is 0 Å². The minimum atomic E-state index is -1.01. The third kappa shape index (κ3) is 1.81. The second-order valence-corrected chi connectivity index (χ2v) is 4.78. The van der Waals surface area contributed by atoms with Gasteiger partial charge in [0, 0.05) is 4.88 Å². The summed E-state index contributed by atoms with van der Waals surface area (Å²) >= 11 is 1.42. The molecule has 0 saturated carbocycles. The van der Waals surface area contributed by atoms with Crippen molar-refractivity contribution in [1.29, 1.82) is 5.26 Å². The van der Waals surface area contributed by atoms with Crippen LogP contribution in [0.25, 0.3) is 5.00 Å². The van der Waals surface area contributed by atoms with Crippen LogP contribution >= 0.6 is 11.3 Å². The zero-order valence-electron chi connectivity index (χ0n) is 9.26. The number of hydrogen-bond donors (Lipinski definition) is 1. The SMILES string of the molecule is Cc1cc(C#N)c(-n2ncc(C(=O)O)c2C)s1. The van der Waals surface area contributed by atoms with E-state index >= 15 is 0 Å². The van der Waals surface area contributed by atoms with E-state index in [4.69, 9.17) is 10.4 Å². The number of thiophene rings is 1. The van der Waals surface area contributed by atoms with Crippen molar-refractivity contribution in [1.82, 2.24) is 9.78 Å². The molecule has 1 N–H and O–H groups in total. The predicted octanol–water partition coefficient (Wildman–Crippen LogP) is 2.12. The lowest BCUT2D eigenvalue weighted by atomic mass is 10.2. The van der Waals surface area contributed by atoms with Gasteiger partial charge in [-0.15, -0.1) is 11.3 Å². The highest BCUT2D eigenvalue weighted by Gasteiger charge is 2.17. The molecule has 0 atom stereocenters. The first-order valence-corrected chi connectivity index (χ1v) is 5.65. The molecule has 0 amide bonds. The monoisotopic (exact) mass is 247 g/mol. The summed E-state index contributed by atoms with van der Waals surface area (Å²) in [6.45, 7) is 3.57. The van der Waals surface area contributed by atoms with Crippen molar-refractivity contribution in [2.24, 2.45) is 0 Å². The number of aromatic carboxylic acids is 1. The van der Waals surface area contributed by atoms with Crippen LogP contribution in [-0.2, 0) is 0 Å². The molecule has 0 fully saturated rings. The highest BCUT2D eigenvalue weighted by atomic mass is 32.1. The normalized spacial score (nSPS) is 10.2. The molecule has 6 heteroatoms. The van der Waals surface area contributed by atoms with Gasteiger partial charge in [0.15, 0.2) is 0 Å². The number of carboxylic acid groups (broad SMARTS) is 1. The van der Waals surface area contributed by atoms with E-state index in [2.05, 4.69) is 11.2 Å². The third-order valence-corrected chi connectivity index (χ3v) is 3.41. The quantitative estimate of drug-likeness (QED) is 0.881. The summed E-state index contributed by atoms with van der Waals surface area (Å²) in [5.41, 5.74) is 1.19. The van der Waals surface area contributed by atoms with Gasteiger partial charge >= 0.3 is 5.97 Å². The number of carbonyl (C=O) groups is 1. The fourth-order valence-corrected chi connectivity index (χ4v) is 2.53. The Morgan fingerprint density at radius 2 is 2.29 bits per heavy atom. The zero-order chi connectivity index (χ0) is 12.6. The molecule has 2 aromatic rings. The van der Waals surface area contributed by atoms with E-state index in [-0.39, 0.29) is 5.56 Å². The average molecular weight is 247 g/mol. The van der Waals surface area contributed by atoms with Crippen LogP contribution in [0, 0.1) is 25.2 Å². The molecule has 0 aromatic carbocycles. The Hall–Kier alpha value is -2.13. The largest absolute Gasteiger partial charge is 0.478 e. The van der Waals surface area contributed by atoms with Gasteiger partial charge in [-0.1, -0.05) is 0 Å². The van der Waals surface area contributed by atoms with E-state index in [1.807, 2.05) is 6.92 Å². The van der Waals surface area contributed by atoms with Gasteiger partial charge in [0.2, 0.25) is 0 Å². The van der Waals surface area contributed by atoms with Crippen LogP contribution in [0.1, 0.15) is 26.5 Å². The topological polar surface area (TPSA) is 78.9 Å².